The maximum Gasteiger partial charge on any atom is 0.223 e. The highest BCUT2D eigenvalue weighted by atomic mass is 35.5. The summed E-state index contributed by atoms with van der Waals surface area (Å²) in [5.41, 5.74) is 0.973. The maximum absolute atomic E-state index is 14.3. The Morgan fingerprint density at radius 3 is 2.77 bits per heavy atom. The average molecular weight is 326 g/mol. The topological polar surface area (TPSA) is 38.2 Å². The normalized spacial score (nSPS) is 17.3. The van der Waals surface area contributed by atoms with E-state index in [2.05, 4.69) is 9.97 Å². The number of benzene rings is 1. The van der Waals surface area contributed by atoms with Crippen molar-refractivity contribution in [3.8, 4) is 17.0 Å². The number of nitrogens with zero attached hydrogens (tertiary/aromatic N) is 3. The molecule has 0 amide bonds. The molecular formula is C15H14ClF2N3O. The Morgan fingerprint density at radius 2 is 2.05 bits per heavy atom. The summed E-state index contributed by atoms with van der Waals surface area (Å²) in [7, 11) is 3.82. The fourth-order valence-corrected chi connectivity index (χ4v) is 2.80. The number of hydrogen-bond acceptors (Lipinski definition) is 4. The number of rotatable bonds is 2. The van der Waals surface area contributed by atoms with Gasteiger partial charge in [0.2, 0.25) is 5.28 Å². The van der Waals surface area contributed by atoms with E-state index < -0.39 is 11.6 Å². The molecule has 0 N–H and O–H groups in total. The van der Waals surface area contributed by atoms with E-state index in [4.69, 9.17) is 16.3 Å². The highest BCUT2D eigenvalue weighted by Crippen LogP contribution is 2.39. The van der Waals surface area contributed by atoms with Gasteiger partial charge in [0.1, 0.15) is 5.69 Å². The molecule has 1 atom stereocenters. The summed E-state index contributed by atoms with van der Waals surface area (Å²) >= 11 is 5.71. The number of fused-ring (bicyclic) bond motifs is 1. The number of halogens is 3. The minimum absolute atomic E-state index is 0.00132. The molecule has 1 aliphatic heterocycles. The Labute approximate surface area is 131 Å². The van der Waals surface area contributed by atoms with Gasteiger partial charge in [-0.25, -0.2) is 18.7 Å². The summed E-state index contributed by atoms with van der Waals surface area (Å²) in [6.45, 7) is 0.444. The van der Waals surface area contributed by atoms with Crippen LogP contribution in [0.5, 0.6) is 5.75 Å². The van der Waals surface area contributed by atoms with Crippen molar-refractivity contribution < 1.29 is 13.5 Å². The molecule has 1 aliphatic rings. The fourth-order valence-electron chi connectivity index (χ4n) is 2.66. The Morgan fingerprint density at radius 1 is 1.27 bits per heavy atom. The van der Waals surface area contributed by atoms with Gasteiger partial charge in [0.25, 0.3) is 0 Å². The van der Waals surface area contributed by atoms with Crippen LogP contribution in [0, 0.1) is 11.6 Å². The molecular weight excluding hydrogens is 312 g/mol. The van der Waals surface area contributed by atoms with Crippen LogP contribution in [0.3, 0.4) is 0 Å². The standard InChI is InChI=1S/C15H14ClF2N3O/c1-21(2)12-3-4-22-14-9(12)5-8(6-10(14)17)13-11(18)7-19-15(16)20-13/h5-7,12H,3-4H2,1-2H3. The smallest absolute Gasteiger partial charge is 0.223 e. The Bertz CT molecular complexity index is 724. The van der Waals surface area contributed by atoms with Crippen molar-refractivity contribution in [3.63, 3.8) is 0 Å². The molecule has 0 aliphatic carbocycles. The molecule has 22 heavy (non-hydrogen) atoms. The zero-order valence-electron chi connectivity index (χ0n) is 12.1. The zero-order valence-corrected chi connectivity index (χ0v) is 12.9. The van der Waals surface area contributed by atoms with E-state index in [9.17, 15) is 8.78 Å². The fraction of sp³-hybridized carbons (Fsp3) is 0.333. The summed E-state index contributed by atoms with van der Waals surface area (Å²) in [6, 6.07) is 2.90. The van der Waals surface area contributed by atoms with Gasteiger partial charge in [-0.15, -0.1) is 0 Å². The third-order valence-electron chi connectivity index (χ3n) is 3.68. The van der Waals surface area contributed by atoms with E-state index in [0.29, 0.717) is 17.7 Å². The highest BCUT2D eigenvalue weighted by molar-refractivity contribution is 6.28. The van der Waals surface area contributed by atoms with Crippen LogP contribution < -0.4 is 4.74 Å². The number of ether oxygens (including phenoxy) is 1. The molecule has 0 saturated carbocycles. The minimum atomic E-state index is -0.651. The van der Waals surface area contributed by atoms with Gasteiger partial charge in [0.15, 0.2) is 17.4 Å². The largest absolute Gasteiger partial charge is 0.490 e. The number of hydrogen-bond donors (Lipinski definition) is 0. The molecule has 3 rings (SSSR count). The van der Waals surface area contributed by atoms with Gasteiger partial charge in [0.05, 0.1) is 12.8 Å². The first kappa shape index (κ1) is 15.1. The highest BCUT2D eigenvalue weighted by Gasteiger charge is 2.27. The van der Waals surface area contributed by atoms with Crippen molar-refractivity contribution in [1.29, 1.82) is 0 Å². The van der Waals surface area contributed by atoms with E-state index in [1.807, 2.05) is 19.0 Å². The molecule has 2 aromatic rings. The predicted octanol–water partition coefficient (Wildman–Crippen LogP) is 3.46. The third kappa shape index (κ3) is 2.64. The minimum Gasteiger partial charge on any atom is -0.490 e. The lowest BCUT2D eigenvalue weighted by Crippen LogP contribution is -2.26. The Balaban J connectivity index is 2.17. The van der Waals surface area contributed by atoms with Crippen LogP contribution in [-0.4, -0.2) is 35.6 Å². The summed E-state index contributed by atoms with van der Waals surface area (Å²) in [5.74, 6) is -0.968. The summed E-state index contributed by atoms with van der Waals surface area (Å²) in [5, 5.41) is -0.0880. The van der Waals surface area contributed by atoms with Gasteiger partial charge in [-0.2, -0.15) is 0 Å². The lowest BCUT2D eigenvalue weighted by atomic mass is 9.96. The lowest BCUT2D eigenvalue weighted by Gasteiger charge is -2.31. The first-order valence-electron chi connectivity index (χ1n) is 6.78. The van der Waals surface area contributed by atoms with Crippen molar-refractivity contribution in [2.24, 2.45) is 0 Å². The van der Waals surface area contributed by atoms with E-state index >= 15 is 0 Å². The summed E-state index contributed by atoms with van der Waals surface area (Å²) in [4.78, 5) is 9.41. The van der Waals surface area contributed by atoms with Crippen molar-refractivity contribution in [3.05, 3.63) is 40.8 Å². The molecule has 0 bridgehead atoms. The van der Waals surface area contributed by atoms with E-state index in [0.717, 1.165) is 12.6 Å². The molecule has 0 fully saturated rings. The van der Waals surface area contributed by atoms with Gasteiger partial charge >= 0.3 is 0 Å². The zero-order chi connectivity index (χ0) is 15.9. The van der Waals surface area contributed by atoms with Gasteiger partial charge in [0, 0.05) is 23.6 Å². The van der Waals surface area contributed by atoms with Crippen LogP contribution in [0.4, 0.5) is 8.78 Å². The van der Waals surface area contributed by atoms with Crippen LogP contribution in [0.15, 0.2) is 18.3 Å². The lowest BCUT2D eigenvalue weighted by molar-refractivity contribution is 0.183. The quantitative estimate of drug-likeness (QED) is 0.793. The molecule has 116 valence electrons. The molecule has 1 aromatic carbocycles. The molecule has 2 heterocycles. The van der Waals surface area contributed by atoms with Gasteiger partial charge in [-0.3, -0.25) is 0 Å². The first-order valence-corrected chi connectivity index (χ1v) is 7.16. The van der Waals surface area contributed by atoms with Crippen LogP contribution in [0.25, 0.3) is 11.3 Å². The van der Waals surface area contributed by atoms with Crippen LogP contribution >= 0.6 is 11.6 Å². The Hall–Kier alpha value is -1.79. The van der Waals surface area contributed by atoms with E-state index in [1.165, 1.54) is 6.07 Å². The van der Waals surface area contributed by atoms with Gasteiger partial charge in [-0.05, 0) is 37.8 Å². The van der Waals surface area contributed by atoms with Crippen LogP contribution in [0.1, 0.15) is 18.0 Å². The summed E-state index contributed by atoms with van der Waals surface area (Å²) < 4.78 is 33.7. The second-order valence-electron chi connectivity index (χ2n) is 5.33. The maximum atomic E-state index is 14.3. The predicted molar refractivity (Wildman–Crippen MR) is 78.9 cm³/mol. The molecule has 1 unspecified atom stereocenters. The van der Waals surface area contributed by atoms with Crippen LogP contribution in [-0.2, 0) is 0 Å². The molecule has 4 nitrogen and oxygen atoms in total. The molecule has 0 saturated heterocycles. The SMILES string of the molecule is CN(C)C1CCOc2c(F)cc(-c3nc(Cl)ncc3F)cc21. The molecule has 7 heteroatoms. The van der Waals surface area contributed by atoms with Crippen molar-refractivity contribution >= 4 is 11.6 Å². The van der Waals surface area contributed by atoms with Crippen molar-refractivity contribution in [2.45, 2.75) is 12.5 Å². The van der Waals surface area contributed by atoms with Crippen molar-refractivity contribution in [1.82, 2.24) is 14.9 Å². The average Bonchev–Trinajstić information content (AvgIpc) is 2.49. The number of aromatic nitrogens is 2. The third-order valence-corrected chi connectivity index (χ3v) is 3.86. The van der Waals surface area contributed by atoms with Gasteiger partial charge in [-0.1, -0.05) is 0 Å². The molecule has 0 spiro atoms. The van der Waals surface area contributed by atoms with Crippen LogP contribution in [0.2, 0.25) is 5.28 Å². The Kier molecular flexibility index (Phi) is 3.97. The second kappa shape index (κ2) is 5.78. The van der Waals surface area contributed by atoms with Gasteiger partial charge < -0.3 is 9.64 Å². The van der Waals surface area contributed by atoms with E-state index in [-0.39, 0.29) is 22.8 Å². The van der Waals surface area contributed by atoms with E-state index in [1.54, 1.807) is 6.07 Å². The van der Waals surface area contributed by atoms with Crippen molar-refractivity contribution in [2.75, 3.05) is 20.7 Å². The second-order valence-corrected chi connectivity index (χ2v) is 5.67. The molecule has 0 radical (unpaired) electrons. The molecule has 1 aromatic heterocycles. The summed E-state index contributed by atoms with van der Waals surface area (Å²) in [6.07, 6.45) is 1.71. The monoisotopic (exact) mass is 325 g/mol. The first-order chi connectivity index (χ1) is 10.5.